The first kappa shape index (κ1) is 21.8. The van der Waals surface area contributed by atoms with Crippen molar-refractivity contribution in [1.82, 2.24) is 10.2 Å². The molecule has 0 atom stereocenters. The number of alkyl halides is 3. The molecule has 142 valence electrons. The van der Waals surface area contributed by atoms with Crippen LogP contribution in [0.3, 0.4) is 0 Å². The average molecular weight is 471 g/mol. The summed E-state index contributed by atoms with van der Waals surface area (Å²) >= 11 is 0. The van der Waals surface area contributed by atoms with Gasteiger partial charge in [0, 0.05) is 45.5 Å². The first-order valence-corrected chi connectivity index (χ1v) is 8.01. The molecule has 1 saturated heterocycles. The van der Waals surface area contributed by atoms with Gasteiger partial charge in [0.1, 0.15) is 0 Å². The second-order valence-electron chi connectivity index (χ2n) is 5.77. The van der Waals surface area contributed by atoms with Gasteiger partial charge in [-0.3, -0.25) is 9.89 Å². The van der Waals surface area contributed by atoms with Crippen LogP contribution >= 0.6 is 24.0 Å². The Balaban J connectivity index is 0.00000312. The van der Waals surface area contributed by atoms with E-state index in [-0.39, 0.29) is 24.0 Å². The molecule has 0 aromatic heterocycles. The Bertz CT molecular complexity index is 557. The quantitative estimate of drug-likeness (QED) is 0.300. The highest BCUT2D eigenvalue weighted by Crippen LogP contribution is 2.31. The Labute approximate surface area is 163 Å². The molecule has 0 aliphatic carbocycles. The number of anilines is 1. The van der Waals surface area contributed by atoms with E-state index in [4.69, 9.17) is 5.73 Å². The number of nitrogens with two attached hydrogens (primary N) is 1. The van der Waals surface area contributed by atoms with E-state index in [0.29, 0.717) is 11.6 Å². The zero-order valence-electron chi connectivity index (χ0n) is 14.2. The van der Waals surface area contributed by atoms with Crippen molar-refractivity contribution in [2.24, 2.45) is 10.7 Å². The second kappa shape index (κ2) is 10.0. The smallest absolute Gasteiger partial charge is 0.370 e. The topological polar surface area (TPSA) is 56.9 Å². The number of nitrogens with zero attached hydrogens (tertiary/aromatic N) is 3. The van der Waals surface area contributed by atoms with Crippen LogP contribution in [0.25, 0.3) is 0 Å². The first-order chi connectivity index (χ1) is 11.4. The van der Waals surface area contributed by atoms with Crippen LogP contribution < -0.4 is 16.0 Å². The number of hydrogen-bond donors (Lipinski definition) is 2. The maximum Gasteiger partial charge on any atom is 0.416 e. The Morgan fingerprint density at radius 1 is 1.24 bits per heavy atom. The van der Waals surface area contributed by atoms with Crippen LogP contribution in [0.4, 0.5) is 18.9 Å². The summed E-state index contributed by atoms with van der Waals surface area (Å²) in [6, 6.07) is 5.54. The SMILES string of the molecule is CN=C(N)NCCCN1CCN(c2cccc(C(F)(F)F)c2)CC1.I. The number of nitrogens with one attached hydrogen (secondary N) is 1. The van der Waals surface area contributed by atoms with Crippen LogP contribution in [-0.2, 0) is 6.18 Å². The summed E-state index contributed by atoms with van der Waals surface area (Å²) in [5, 5.41) is 3.01. The van der Waals surface area contributed by atoms with Crippen LogP contribution in [0.5, 0.6) is 0 Å². The van der Waals surface area contributed by atoms with Crippen molar-refractivity contribution in [2.45, 2.75) is 12.6 Å². The third kappa shape index (κ3) is 6.89. The fourth-order valence-electron chi connectivity index (χ4n) is 2.71. The number of guanidine groups is 1. The Kier molecular flexibility index (Phi) is 8.77. The maximum atomic E-state index is 12.8. The summed E-state index contributed by atoms with van der Waals surface area (Å²) in [4.78, 5) is 8.14. The fourth-order valence-corrected chi connectivity index (χ4v) is 2.71. The molecule has 0 radical (unpaired) electrons. The predicted octanol–water partition coefficient (Wildman–Crippen LogP) is 2.37. The van der Waals surface area contributed by atoms with Crippen molar-refractivity contribution in [3.63, 3.8) is 0 Å². The molecule has 0 amide bonds. The van der Waals surface area contributed by atoms with Crippen molar-refractivity contribution in [1.29, 1.82) is 0 Å². The van der Waals surface area contributed by atoms with E-state index >= 15 is 0 Å². The van der Waals surface area contributed by atoms with E-state index in [1.54, 1.807) is 13.1 Å². The second-order valence-corrected chi connectivity index (χ2v) is 5.77. The largest absolute Gasteiger partial charge is 0.416 e. The number of halogens is 4. The molecule has 1 aliphatic heterocycles. The van der Waals surface area contributed by atoms with E-state index in [1.807, 2.05) is 4.90 Å². The van der Waals surface area contributed by atoms with Crippen molar-refractivity contribution in [3.8, 4) is 0 Å². The molecule has 9 heteroatoms. The van der Waals surface area contributed by atoms with Gasteiger partial charge in [-0.2, -0.15) is 13.2 Å². The molecule has 5 nitrogen and oxygen atoms in total. The van der Waals surface area contributed by atoms with Crippen molar-refractivity contribution < 1.29 is 13.2 Å². The molecular weight excluding hydrogens is 446 g/mol. The number of piperazine rings is 1. The third-order valence-corrected chi connectivity index (χ3v) is 4.11. The molecule has 0 spiro atoms. The van der Waals surface area contributed by atoms with Gasteiger partial charge in [0.15, 0.2) is 5.96 Å². The van der Waals surface area contributed by atoms with E-state index < -0.39 is 11.7 Å². The van der Waals surface area contributed by atoms with E-state index in [2.05, 4.69) is 15.2 Å². The molecular formula is C16H25F3IN5. The van der Waals surface area contributed by atoms with Crippen LogP contribution in [0, 0.1) is 0 Å². The summed E-state index contributed by atoms with van der Waals surface area (Å²) < 4.78 is 38.4. The number of benzene rings is 1. The lowest BCUT2D eigenvalue weighted by atomic mass is 10.1. The summed E-state index contributed by atoms with van der Waals surface area (Å²) in [6.07, 6.45) is -3.35. The third-order valence-electron chi connectivity index (χ3n) is 4.11. The minimum absolute atomic E-state index is 0. The molecule has 3 N–H and O–H groups in total. The lowest BCUT2D eigenvalue weighted by Gasteiger charge is -2.36. The monoisotopic (exact) mass is 471 g/mol. The van der Waals surface area contributed by atoms with Crippen LogP contribution in [-0.4, -0.2) is 57.2 Å². The van der Waals surface area contributed by atoms with Gasteiger partial charge in [-0.25, -0.2) is 0 Å². The molecule has 1 heterocycles. The highest BCUT2D eigenvalue weighted by molar-refractivity contribution is 14.0. The lowest BCUT2D eigenvalue weighted by Crippen LogP contribution is -2.47. The van der Waals surface area contributed by atoms with Crippen LogP contribution in [0.15, 0.2) is 29.3 Å². The minimum Gasteiger partial charge on any atom is -0.370 e. The summed E-state index contributed by atoms with van der Waals surface area (Å²) in [6.45, 7) is 4.83. The summed E-state index contributed by atoms with van der Waals surface area (Å²) in [5.41, 5.74) is 5.60. The van der Waals surface area contributed by atoms with Gasteiger partial charge < -0.3 is 16.0 Å². The Morgan fingerprint density at radius 3 is 2.52 bits per heavy atom. The zero-order chi connectivity index (χ0) is 17.6. The molecule has 1 aromatic carbocycles. The van der Waals surface area contributed by atoms with Gasteiger partial charge in [0.25, 0.3) is 0 Å². The van der Waals surface area contributed by atoms with Gasteiger partial charge >= 0.3 is 6.18 Å². The van der Waals surface area contributed by atoms with Gasteiger partial charge in [0.2, 0.25) is 0 Å². The number of rotatable bonds is 5. The minimum atomic E-state index is -4.30. The molecule has 1 aromatic rings. The van der Waals surface area contributed by atoms with Gasteiger partial charge in [0.05, 0.1) is 5.56 Å². The normalized spacial score (nSPS) is 16.5. The lowest BCUT2D eigenvalue weighted by molar-refractivity contribution is -0.137. The van der Waals surface area contributed by atoms with E-state index in [1.165, 1.54) is 12.1 Å². The standard InChI is InChI=1S/C16H24F3N5.HI/c1-21-15(20)22-6-3-7-23-8-10-24(11-9-23)14-5-2-4-13(12-14)16(17,18)19;/h2,4-5,12H,3,6-11H2,1H3,(H3,20,21,22);1H. The van der Waals surface area contributed by atoms with Gasteiger partial charge in [-0.15, -0.1) is 24.0 Å². The number of aliphatic imine (C=N–C) groups is 1. The van der Waals surface area contributed by atoms with Crippen LogP contribution in [0.2, 0.25) is 0 Å². The molecule has 25 heavy (non-hydrogen) atoms. The fraction of sp³-hybridized carbons (Fsp3) is 0.562. The Hall–Kier alpha value is -1.23. The van der Waals surface area contributed by atoms with E-state index in [0.717, 1.165) is 51.8 Å². The highest BCUT2D eigenvalue weighted by atomic mass is 127. The Morgan fingerprint density at radius 2 is 1.92 bits per heavy atom. The molecule has 0 unspecified atom stereocenters. The highest BCUT2D eigenvalue weighted by Gasteiger charge is 2.31. The van der Waals surface area contributed by atoms with E-state index in [9.17, 15) is 13.2 Å². The molecule has 1 aliphatic rings. The first-order valence-electron chi connectivity index (χ1n) is 8.01. The number of hydrogen-bond acceptors (Lipinski definition) is 3. The van der Waals surface area contributed by atoms with Crippen molar-refractivity contribution in [2.75, 3.05) is 51.2 Å². The van der Waals surface area contributed by atoms with Crippen molar-refractivity contribution >= 4 is 35.6 Å². The molecule has 1 fully saturated rings. The molecule has 0 saturated carbocycles. The van der Waals surface area contributed by atoms with Crippen molar-refractivity contribution in [3.05, 3.63) is 29.8 Å². The summed E-state index contributed by atoms with van der Waals surface area (Å²) in [7, 11) is 1.63. The van der Waals surface area contributed by atoms with Gasteiger partial charge in [-0.1, -0.05) is 6.07 Å². The average Bonchev–Trinajstić information content (AvgIpc) is 2.58. The summed E-state index contributed by atoms with van der Waals surface area (Å²) in [5.74, 6) is 0.435. The maximum absolute atomic E-state index is 12.8. The molecule has 0 bridgehead atoms. The molecule has 2 rings (SSSR count). The zero-order valence-corrected chi connectivity index (χ0v) is 16.6. The predicted molar refractivity (Wildman–Crippen MR) is 106 cm³/mol. The van der Waals surface area contributed by atoms with Crippen LogP contribution in [0.1, 0.15) is 12.0 Å². The van der Waals surface area contributed by atoms with Gasteiger partial charge in [-0.05, 0) is 31.2 Å².